The molecule has 1 nitrogen and oxygen atoms in total. The first-order valence-electron chi connectivity index (χ1n) is 4.01. The lowest BCUT2D eigenvalue weighted by molar-refractivity contribution is -0.123. The highest BCUT2D eigenvalue weighted by molar-refractivity contribution is 5.95. The van der Waals surface area contributed by atoms with Crippen molar-refractivity contribution in [2.24, 2.45) is 5.41 Å². The molecule has 1 aliphatic rings. The molecule has 0 fully saturated rings. The van der Waals surface area contributed by atoms with E-state index < -0.39 is 0 Å². The average Bonchev–Trinajstić information content (AvgIpc) is 1.96. The molecule has 0 spiro atoms. The standard InChI is InChI=1S/C10H14O/c1-3-7-10(2)8-5-4-6-9(10)11/h3-4,6H,1,5,7-8H2,2H3/t10-/m0/s1. The fourth-order valence-electron chi connectivity index (χ4n) is 1.44. The number of hydrogen-bond donors (Lipinski definition) is 0. The van der Waals surface area contributed by atoms with Gasteiger partial charge in [0.15, 0.2) is 5.78 Å². The fourth-order valence-corrected chi connectivity index (χ4v) is 1.44. The summed E-state index contributed by atoms with van der Waals surface area (Å²) in [6.07, 6.45) is 8.28. The third-order valence-corrected chi connectivity index (χ3v) is 2.32. The third-order valence-electron chi connectivity index (χ3n) is 2.32. The van der Waals surface area contributed by atoms with Gasteiger partial charge in [-0.3, -0.25) is 4.79 Å². The Morgan fingerprint density at radius 3 is 3.09 bits per heavy atom. The lowest BCUT2D eigenvalue weighted by Gasteiger charge is -2.27. The monoisotopic (exact) mass is 150 g/mol. The van der Waals surface area contributed by atoms with Gasteiger partial charge in [0.2, 0.25) is 0 Å². The van der Waals surface area contributed by atoms with Gasteiger partial charge in [-0.05, 0) is 25.3 Å². The first-order valence-corrected chi connectivity index (χ1v) is 4.01. The van der Waals surface area contributed by atoms with E-state index in [1.54, 1.807) is 6.08 Å². The third kappa shape index (κ3) is 1.59. The summed E-state index contributed by atoms with van der Waals surface area (Å²) in [6.45, 7) is 5.67. The van der Waals surface area contributed by atoms with Crippen LogP contribution in [0.5, 0.6) is 0 Å². The molecule has 0 aromatic rings. The highest BCUT2D eigenvalue weighted by Gasteiger charge is 2.30. The van der Waals surface area contributed by atoms with Gasteiger partial charge in [0.05, 0.1) is 0 Å². The molecule has 1 rings (SSSR count). The van der Waals surface area contributed by atoms with Gasteiger partial charge in [-0.1, -0.05) is 19.1 Å². The Labute approximate surface area is 67.8 Å². The normalized spacial score (nSPS) is 30.5. The Hall–Kier alpha value is -0.850. The molecule has 0 bridgehead atoms. The quantitative estimate of drug-likeness (QED) is 0.553. The second kappa shape index (κ2) is 3.04. The van der Waals surface area contributed by atoms with E-state index in [9.17, 15) is 4.79 Å². The summed E-state index contributed by atoms with van der Waals surface area (Å²) >= 11 is 0. The van der Waals surface area contributed by atoms with E-state index >= 15 is 0 Å². The van der Waals surface area contributed by atoms with E-state index in [0.29, 0.717) is 0 Å². The van der Waals surface area contributed by atoms with E-state index in [4.69, 9.17) is 0 Å². The molecule has 0 saturated carbocycles. The Bertz CT molecular complexity index is 203. The van der Waals surface area contributed by atoms with E-state index in [-0.39, 0.29) is 11.2 Å². The first kappa shape index (κ1) is 8.25. The first-order chi connectivity index (χ1) is 5.19. The molecule has 1 heteroatoms. The Morgan fingerprint density at radius 2 is 2.55 bits per heavy atom. The number of carbonyl (C=O) groups excluding carboxylic acids is 1. The summed E-state index contributed by atoms with van der Waals surface area (Å²) in [6, 6.07) is 0. The molecular formula is C10H14O. The highest BCUT2D eigenvalue weighted by Crippen LogP contribution is 2.32. The van der Waals surface area contributed by atoms with Crippen LogP contribution in [0, 0.1) is 5.41 Å². The maximum atomic E-state index is 11.4. The molecule has 0 heterocycles. The van der Waals surface area contributed by atoms with E-state index in [1.807, 2.05) is 19.1 Å². The zero-order chi connectivity index (χ0) is 8.32. The maximum Gasteiger partial charge on any atom is 0.161 e. The van der Waals surface area contributed by atoms with Crippen LogP contribution in [-0.2, 0) is 4.79 Å². The minimum absolute atomic E-state index is 0.156. The predicted octanol–water partition coefficient (Wildman–Crippen LogP) is 2.49. The Morgan fingerprint density at radius 1 is 1.82 bits per heavy atom. The molecule has 0 aromatic carbocycles. The molecule has 11 heavy (non-hydrogen) atoms. The molecule has 0 unspecified atom stereocenters. The number of hydrogen-bond acceptors (Lipinski definition) is 1. The van der Waals surface area contributed by atoms with Gasteiger partial charge in [-0.25, -0.2) is 0 Å². The molecular weight excluding hydrogens is 136 g/mol. The molecule has 0 amide bonds. The molecule has 60 valence electrons. The van der Waals surface area contributed by atoms with Gasteiger partial charge < -0.3 is 0 Å². The minimum atomic E-state index is -0.156. The van der Waals surface area contributed by atoms with Crippen molar-refractivity contribution < 1.29 is 4.79 Å². The molecule has 0 saturated heterocycles. The average molecular weight is 150 g/mol. The molecule has 0 aliphatic heterocycles. The number of carbonyl (C=O) groups is 1. The SMILES string of the molecule is C=CC[C@@]1(C)CCC=CC1=O. The van der Waals surface area contributed by atoms with Gasteiger partial charge in [-0.2, -0.15) is 0 Å². The van der Waals surface area contributed by atoms with Gasteiger partial charge >= 0.3 is 0 Å². The van der Waals surface area contributed by atoms with Crippen LogP contribution in [-0.4, -0.2) is 5.78 Å². The van der Waals surface area contributed by atoms with Crippen molar-refractivity contribution >= 4 is 5.78 Å². The lowest BCUT2D eigenvalue weighted by Crippen LogP contribution is -2.27. The topological polar surface area (TPSA) is 17.1 Å². The number of rotatable bonds is 2. The molecule has 0 N–H and O–H groups in total. The molecule has 0 aromatic heterocycles. The summed E-state index contributed by atoms with van der Waals surface area (Å²) in [5, 5.41) is 0. The van der Waals surface area contributed by atoms with E-state index in [1.165, 1.54) is 0 Å². The summed E-state index contributed by atoms with van der Waals surface area (Å²) in [5.41, 5.74) is -0.156. The zero-order valence-electron chi connectivity index (χ0n) is 6.97. The van der Waals surface area contributed by atoms with Crippen molar-refractivity contribution in [3.05, 3.63) is 24.8 Å². The summed E-state index contributed by atoms with van der Waals surface area (Å²) in [7, 11) is 0. The van der Waals surface area contributed by atoms with Crippen molar-refractivity contribution in [1.82, 2.24) is 0 Å². The molecule has 1 atom stereocenters. The van der Waals surface area contributed by atoms with Crippen LogP contribution in [0.1, 0.15) is 26.2 Å². The lowest BCUT2D eigenvalue weighted by atomic mass is 9.75. The largest absolute Gasteiger partial charge is 0.294 e. The minimum Gasteiger partial charge on any atom is -0.294 e. The van der Waals surface area contributed by atoms with Crippen LogP contribution in [0.3, 0.4) is 0 Å². The van der Waals surface area contributed by atoms with Crippen molar-refractivity contribution in [2.75, 3.05) is 0 Å². The van der Waals surface area contributed by atoms with Gasteiger partial charge in [0.1, 0.15) is 0 Å². The highest BCUT2D eigenvalue weighted by atomic mass is 16.1. The smallest absolute Gasteiger partial charge is 0.161 e. The molecule has 1 aliphatic carbocycles. The van der Waals surface area contributed by atoms with Gasteiger partial charge in [0.25, 0.3) is 0 Å². The summed E-state index contributed by atoms with van der Waals surface area (Å²) in [4.78, 5) is 11.4. The van der Waals surface area contributed by atoms with E-state index in [2.05, 4.69) is 6.58 Å². The van der Waals surface area contributed by atoms with Crippen molar-refractivity contribution in [3.8, 4) is 0 Å². The van der Waals surface area contributed by atoms with Crippen LogP contribution < -0.4 is 0 Å². The van der Waals surface area contributed by atoms with Crippen molar-refractivity contribution in [1.29, 1.82) is 0 Å². The second-order valence-corrected chi connectivity index (χ2v) is 3.36. The zero-order valence-corrected chi connectivity index (χ0v) is 6.97. The number of ketones is 1. The van der Waals surface area contributed by atoms with Crippen LogP contribution >= 0.6 is 0 Å². The Balaban J connectivity index is 2.76. The maximum absolute atomic E-state index is 11.4. The predicted molar refractivity (Wildman–Crippen MR) is 46.3 cm³/mol. The summed E-state index contributed by atoms with van der Waals surface area (Å²) in [5.74, 6) is 0.253. The molecule has 0 radical (unpaired) electrons. The van der Waals surface area contributed by atoms with Gasteiger partial charge in [0, 0.05) is 5.41 Å². The summed E-state index contributed by atoms with van der Waals surface area (Å²) < 4.78 is 0. The van der Waals surface area contributed by atoms with Crippen molar-refractivity contribution in [3.63, 3.8) is 0 Å². The second-order valence-electron chi connectivity index (χ2n) is 3.36. The van der Waals surface area contributed by atoms with Crippen LogP contribution in [0.15, 0.2) is 24.8 Å². The van der Waals surface area contributed by atoms with Crippen LogP contribution in [0.4, 0.5) is 0 Å². The van der Waals surface area contributed by atoms with Gasteiger partial charge in [-0.15, -0.1) is 6.58 Å². The van der Waals surface area contributed by atoms with Crippen LogP contribution in [0.25, 0.3) is 0 Å². The number of allylic oxidation sites excluding steroid dienone is 3. The van der Waals surface area contributed by atoms with Crippen LogP contribution in [0.2, 0.25) is 0 Å². The van der Waals surface area contributed by atoms with Crippen molar-refractivity contribution in [2.45, 2.75) is 26.2 Å². The Kier molecular flexibility index (Phi) is 2.28. The van der Waals surface area contributed by atoms with E-state index in [0.717, 1.165) is 19.3 Å². The fraction of sp³-hybridized carbons (Fsp3) is 0.500.